The third-order valence-electron chi connectivity index (χ3n) is 9.00. The summed E-state index contributed by atoms with van der Waals surface area (Å²) in [5, 5.41) is 10.8. The van der Waals surface area contributed by atoms with Gasteiger partial charge in [-0.1, -0.05) is 54.1 Å². The number of rotatable bonds is 9. The molecule has 0 atom stereocenters. The third kappa shape index (κ3) is 7.29. The van der Waals surface area contributed by atoms with E-state index in [0.29, 0.717) is 23.5 Å². The highest BCUT2D eigenvalue weighted by Gasteiger charge is 2.18. The highest BCUT2D eigenvalue weighted by Crippen LogP contribution is 2.34. The Bertz CT molecular complexity index is 2530. The fourth-order valence-corrected chi connectivity index (χ4v) is 6.93. The number of nitrogens with zero attached hydrogens (tertiary/aromatic N) is 4. The minimum absolute atomic E-state index is 0. The predicted molar refractivity (Wildman–Crippen MR) is 198 cm³/mol. The van der Waals surface area contributed by atoms with Gasteiger partial charge in [-0.25, -0.2) is 22.7 Å². The van der Waals surface area contributed by atoms with Crippen LogP contribution in [-0.2, 0) is 21.1 Å². The fraction of sp³-hybridized carbons (Fsp3) is 0.200. The van der Waals surface area contributed by atoms with Crippen LogP contribution in [0, 0.1) is 6.92 Å². The lowest BCUT2D eigenvalue weighted by molar-refractivity contribution is -0.116. The van der Waals surface area contributed by atoms with Gasteiger partial charge in [-0.15, -0.1) is 0 Å². The molecular formula is C40H38ClN5O4S. The van der Waals surface area contributed by atoms with Gasteiger partial charge in [0.25, 0.3) is 0 Å². The molecule has 0 bridgehead atoms. The van der Waals surface area contributed by atoms with Crippen LogP contribution in [0.25, 0.3) is 50.3 Å². The Hall–Kier alpha value is -5.32. The Labute approximate surface area is 303 Å². The highest BCUT2D eigenvalue weighted by molar-refractivity contribution is 7.90. The molecule has 0 radical (unpaired) electrons. The van der Waals surface area contributed by atoms with E-state index >= 15 is 0 Å². The Balaban J connectivity index is 0.00000448. The van der Waals surface area contributed by atoms with Crippen LogP contribution in [0.5, 0.6) is 0 Å². The number of carbonyl (C=O) groups excluding carboxylic acids is 1. The number of sulfone groups is 1. The fourth-order valence-electron chi connectivity index (χ4n) is 6.30. The summed E-state index contributed by atoms with van der Waals surface area (Å²) in [5.41, 5.74) is 7.15. The molecule has 260 valence electrons. The number of anilines is 1. The van der Waals surface area contributed by atoms with Gasteiger partial charge in [-0.2, -0.15) is 5.10 Å². The molecule has 0 unspecified atom stereocenters. The molecule has 0 fully saturated rings. The van der Waals surface area contributed by atoms with E-state index < -0.39 is 9.84 Å². The quantitative estimate of drug-likeness (QED) is 0.137. The molecule has 1 aliphatic heterocycles. The van der Waals surface area contributed by atoms with Crippen molar-refractivity contribution >= 4 is 43.3 Å². The van der Waals surface area contributed by atoms with E-state index in [2.05, 4.69) is 29.8 Å². The van der Waals surface area contributed by atoms with Crippen LogP contribution in [0.2, 0.25) is 0 Å². The average molecular weight is 720 g/mol. The second kappa shape index (κ2) is 14.5. The number of amides is 1. The number of fused-ring (bicyclic) bond motifs is 4. The zero-order valence-corrected chi connectivity index (χ0v) is 30.4. The molecule has 2 heterocycles. The zero-order valence-electron chi connectivity index (χ0n) is 28.9. The lowest BCUT2D eigenvalue weighted by Crippen LogP contribution is -3.00. The molecule has 0 saturated carbocycles. The molecule has 2 aliphatic rings. The summed E-state index contributed by atoms with van der Waals surface area (Å²) in [7, 11) is -3.34. The Morgan fingerprint density at radius 2 is 1.59 bits per heavy atom. The molecule has 7 rings (SSSR count). The number of hydrogen-bond acceptors (Lipinski definition) is 6. The van der Waals surface area contributed by atoms with Crippen LogP contribution < -0.4 is 27.7 Å². The maximum absolute atomic E-state index is 13.5. The minimum Gasteiger partial charge on any atom is -1.00 e. The van der Waals surface area contributed by atoms with Crippen molar-refractivity contribution in [2.24, 2.45) is 0 Å². The molecule has 4 aromatic carbocycles. The standard InChI is InChI=1S/C40H37N5O4S.ClH/c1-5-44(6-2)30-18-21-34-37(24-30)49-38-25-35(32-9-7-8-10-33(32)40(38)42-34)41-39(46)22-15-28-23-36(27-13-11-26(3)12-14-27)45(43-28)29-16-19-31(20-17-29)50(4,47)48;/h7-14,16-21,23-25H,5-6,15,22H2,1-4H3;1H. The first-order valence-electron chi connectivity index (χ1n) is 16.7. The number of aryl methyl sites for hydroxylation is 2. The van der Waals surface area contributed by atoms with Crippen molar-refractivity contribution in [3.8, 4) is 28.4 Å². The lowest BCUT2D eigenvalue weighted by atomic mass is 10.1. The molecule has 11 heteroatoms. The van der Waals surface area contributed by atoms with E-state index in [9.17, 15) is 13.2 Å². The van der Waals surface area contributed by atoms with Crippen molar-refractivity contribution in [3.05, 3.63) is 120 Å². The molecule has 1 N–H and O–H groups in total. The van der Waals surface area contributed by atoms with Crippen LogP contribution in [-0.4, -0.2) is 48.4 Å². The number of nitrogens with one attached hydrogen (secondary N) is 1. The smallest absolute Gasteiger partial charge is 0.224 e. The average Bonchev–Trinajstić information content (AvgIpc) is 3.55. The van der Waals surface area contributed by atoms with Crippen LogP contribution in [0.1, 0.15) is 31.5 Å². The monoisotopic (exact) mass is 719 g/mol. The molecule has 0 saturated heterocycles. The number of carbonyl (C=O) groups is 1. The van der Waals surface area contributed by atoms with Crippen molar-refractivity contribution in [2.45, 2.75) is 38.5 Å². The largest absolute Gasteiger partial charge is 1.00 e. The molecule has 5 aromatic rings. The molecule has 1 amide bonds. The summed E-state index contributed by atoms with van der Waals surface area (Å²) in [6.45, 7) is 8.05. The van der Waals surface area contributed by atoms with Crippen molar-refractivity contribution in [1.82, 2.24) is 19.3 Å². The Morgan fingerprint density at radius 1 is 0.882 bits per heavy atom. The van der Waals surface area contributed by atoms with Crippen LogP contribution >= 0.6 is 0 Å². The summed E-state index contributed by atoms with van der Waals surface area (Å²) in [6, 6.07) is 32.6. The van der Waals surface area contributed by atoms with Crippen molar-refractivity contribution in [2.75, 3.05) is 24.7 Å². The first-order valence-corrected chi connectivity index (χ1v) is 18.6. The molecular weight excluding hydrogens is 682 g/mol. The Kier molecular flexibility index (Phi) is 10.1. The molecule has 0 spiro atoms. The van der Waals surface area contributed by atoms with Gasteiger partial charge >= 0.3 is 0 Å². The van der Waals surface area contributed by atoms with Crippen LogP contribution in [0.4, 0.5) is 5.69 Å². The van der Waals surface area contributed by atoms with Gasteiger partial charge in [0.1, 0.15) is 24.3 Å². The van der Waals surface area contributed by atoms with Gasteiger partial charge in [-0.05, 0) is 57.2 Å². The number of hydrogen-bond donors (Lipinski definition) is 1. The molecule has 9 nitrogen and oxygen atoms in total. The first-order chi connectivity index (χ1) is 24.1. The third-order valence-corrected chi connectivity index (χ3v) is 10.1. The maximum atomic E-state index is 13.5. The number of aromatic nitrogens is 3. The van der Waals surface area contributed by atoms with E-state index in [0.717, 1.165) is 68.6 Å². The summed E-state index contributed by atoms with van der Waals surface area (Å²) >= 11 is 0. The highest BCUT2D eigenvalue weighted by atomic mass is 35.5. The first kappa shape index (κ1) is 35.5. The summed E-state index contributed by atoms with van der Waals surface area (Å²) in [6.07, 6.45) is 1.79. The van der Waals surface area contributed by atoms with E-state index in [4.69, 9.17) is 14.5 Å². The van der Waals surface area contributed by atoms with Crippen LogP contribution in [0.15, 0.2) is 112 Å². The van der Waals surface area contributed by atoms with Gasteiger partial charge in [0.2, 0.25) is 11.3 Å². The van der Waals surface area contributed by atoms with Crippen molar-refractivity contribution < 1.29 is 30.0 Å². The summed E-state index contributed by atoms with van der Waals surface area (Å²) < 4.78 is 34.6. The van der Waals surface area contributed by atoms with Gasteiger partial charge < -0.3 is 22.1 Å². The van der Waals surface area contributed by atoms with Gasteiger partial charge in [0.05, 0.1) is 33.7 Å². The SMILES string of the molecule is CC[N+](CC)=c1ccc2nc3c(cc(NC(=O)CCc4cc(-c5ccc(C)cc5)n(-c5ccc(S(C)(=O)=O)cc5)n4)c4ccccc43)oc-2c1.[Cl-]. The Morgan fingerprint density at radius 3 is 2.27 bits per heavy atom. The summed E-state index contributed by atoms with van der Waals surface area (Å²) in [4.78, 5) is 18.7. The maximum Gasteiger partial charge on any atom is 0.224 e. The molecule has 1 aromatic heterocycles. The second-order valence-corrected chi connectivity index (χ2v) is 14.5. The van der Waals surface area contributed by atoms with Crippen LogP contribution in [0.3, 0.4) is 0 Å². The zero-order chi connectivity index (χ0) is 35.0. The van der Waals surface area contributed by atoms with Crippen molar-refractivity contribution in [1.29, 1.82) is 0 Å². The number of halogens is 1. The molecule has 51 heavy (non-hydrogen) atoms. The minimum atomic E-state index is -3.34. The van der Waals surface area contributed by atoms with E-state index in [1.54, 1.807) is 28.9 Å². The van der Waals surface area contributed by atoms with Gasteiger partial charge in [0.15, 0.2) is 21.2 Å². The predicted octanol–water partition coefficient (Wildman–Crippen LogP) is 4.04. The van der Waals surface area contributed by atoms with Gasteiger partial charge in [-0.3, -0.25) is 4.79 Å². The summed E-state index contributed by atoms with van der Waals surface area (Å²) in [5.74, 6) is 0.524. The number of benzene rings is 5. The van der Waals surface area contributed by atoms with E-state index in [1.807, 2.05) is 79.7 Å². The second-order valence-electron chi connectivity index (χ2n) is 12.5. The van der Waals surface area contributed by atoms with E-state index in [-0.39, 0.29) is 29.6 Å². The normalized spacial score (nSPS) is 11.5. The lowest BCUT2D eigenvalue weighted by Gasteiger charge is -2.13. The molecule has 1 aliphatic carbocycles. The van der Waals surface area contributed by atoms with Gasteiger partial charge in [0, 0.05) is 47.6 Å². The van der Waals surface area contributed by atoms with E-state index in [1.165, 1.54) is 6.26 Å². The topological polar surface area (TPSA) is 110 Å². The van der Waals surface area contributed by atoms with Crippen molar-refractivity contribution in [3.63, 3.8) is 0 Å².